The highest BCUT2D eigenvalue weighted by Crippen LogP contribution is 2.28. The van der Waals surface area contributed by atoms with Crippen molar-refractivity contribution in [1.82, 2.24) is 10.2 Å². The average molecular weight is 389 g/mol. The Balaban J connectivity index is 1.44. The molecule has 154 valence electrons. The first-order valence-electron chi connectivity index (χ1n) is 10.3. The Kier molecular flexibility index (Phi) is 8.18. The van der Waals surface area contributed by atoms with Gasteiger partial charge in [0.15, 0.2) is 18.1 Å². The predicted octanol–water partition coefficient (Wildman–Crippen LogP) is 2.91. The normalized spacial score (nSPS) is 17.2. The van der Waals surface area contributed by atoms with Gasteiger partial charge in [0.1, 0.15) is 0 Å². The molecule has 1 saturated heterocycles. The van der Waals surface area contributed by atoms with Gasteiger partial charge in [-0.3, -0.25) is 4.79 Å². The SMILES string of the molecule is COc1cc(CNCCC2=CCCCC2)ccc1OCC(=O)N1CCOCC1. The average Bonchev–Trinajstić information content (AvgIpc) is 2.76. The molecular weight excluding hydrogens is 356 g/mol. The quantitative estimate of drug-likeness (QED) is 0.521. The molecule has 1 N–H and O–H groups in total. The number of carbonyl (C=O) groups is 1. The molecule has 6 nitrogen and oxygen atoms in total. The predicted molar refractivity (Wildman–Crippen MR) is 109 cm³/mol. The Morgan fingerprint density at radius 1 is 1.21 bits per heavy atom. The van der Waals surface area contributed by atoms with Crippen LogP contribution in [0.15, 0.2) is 29.8 Å². The molecule has 1 aliphatic carbocycles. The first kappa shape index (κ1) is 20.7. The van der Waals surface area contributed by atoms with Crippen molar-refractivity contribution in [2.45, 2.75) is 38.6 Å². The zero-order chi connectivity index (χ0) is 19.6. The summed E-state index contributed by atoms with van der Waals surface area (Å²) in [5, 5.41) is 3.50. The number of methoxy groups -OCH3 is 1. The number of amides is 1. The second-order valence-corrected chi connectivity index (χ2v) is 7.30. The van der Waals surface area contributed by atoms with E-state index in [1.165, 1.54) is 25.7 Å². The van der Waals surface area contributed by atoms with Crippen molar-refractivity contribution >= 4 is 5.91 Å². The highest BCUT2D eigenvalue weighted by molar-refractivity contribution is 5.78. The second-order valence-electron chi connectivity index (χ2n) is 7.30. The molecule has 0 aromatic heterocycles. The molecule has 2 aliphatic rings. The lowest BCUT2D eigenvalue weighted by Crippen LogP contribution is -2.43. The molecule has 6 heteroatoms. The van der Waals surface area contributed by atoms with Crippen LogP contribution in [0.2, 0.25) is 0 Å². The van der Waals surface area contributed by atoms with Crippen molar-refractivity contribution < 1.29 is 19.0 Å². The van der Waals surface area contributed by atoms with E-state index in [1.54, 1.807) is 17.6 Å². The van der Waals surface area contributed by atoms with E-state index in [-0.39, 0.29) is 12.5 Å². The van der Waals surface area contributed by atoms with Crippen LogP contribution in [-0.2, 0) is 16.1 Å². The van der Waals surface area contributed by atoms with Gasteiger partial charge in [0, 0.05) is 19.6 Å². The Bertz CT molecular complexity index is 669. The van der Waals surface area contributed by atoms with Crippen molar-refractivity contribution in [3.63, 3.8) is 0 Å². The summed E-state index contributed by atoms with van der Waals surface area (Å²) in [7, 11) is 1.62. The highest BCUT2D eigenvalue weighted by Gasteiger charge is 2.18. The molecule has 1 fully saturated rings. The summed E-state index contributed by atoms with van der Waals surface area (Å²) in [6.45, 7) is 4.23. The lowest BCUT2D eigenvalue weighted by molar-refractivity contribution is -0.137. The molecule has 0 bridgehead atoms. The van der Waals surface area contributed by atoms with Crippen LogP contribution in [0.4, 0.5) is 0 Å². The topological polar surface area (TPSA) is 60.0 Å². The van der Waals surface area contributed by atoms with E-state index < -0.39 is 0 Å². The second kappa shape index (κ2) is 11.1. The summed E-state index contributed by atoms with van der Waals surface area (Å²) in [4.78, 5) is 14.0. The van der Waals surface area contributed by atoms with E-state index in [0.717, 1.165) is 25.1 Å². The third kappa shape index (κ3) is 6.24. The maximum absolute atomic E-state index is 12.2. The number of hydrogen-bond acceptors (Lipinski definition) is 5. The number of morpholine rings is 1. The van der Waals surface area contributed by atoms with Crippen molar-refractivity contribution in [1.29, 1.82) is 0 Å². The van der Waals surface area contributed by atoms with Gasteiger partial charge in [-0.15, -0.1) is 0 Å². The molecule has 1 heterocycles. The number of nitrogens with zero attached hydrogens (tertiary/aromatic N) is 1. The fourth-order valence-electron chi connectivity index (χ4n) is 3.60. The fourth-order valence-corrected chi connectivity index (χ4v) is 3.60. The van der Waals surface area contributed by atoms with Gasteiger partial charge in [0.2, 0.25) is 0 Å². The zero-order valence-corrected chi connectivity index (χ0v) is 16.9. The maximum Gasteiger partial charge on any atom is 0.260 e. The van der Waals surface area contributed by atoms with Gasteiger partial charge < -0.3 is 24.4 Å². The molecule has 28 heavy (non-hydrogen) atoms. The number of allylic oxidation sites excluding steroid dienone is 1. The molecule has 1 amide bonds. The van der Waals surface area contributed by atoms with Crippen molar-refractivity contribution in [3.8, 4) is 11.5 Å². The van der Waals surface area contributed by atoms with Crippen LogP contribution in [0, 0.1) is 0 Å². The number of rotatable bonds is 9. The van der Waals surface area contributed by atoms with Gasteiger partial charge in [0.25, 0.3) is 5.91 Å². The van der Waals surface area contributed by atoms with E-state index in [9.17, 15) is 4.79 Å². The summed E-state index contributed by atoms with van der Waals surface area (Å²) < 4.78 is 16.4. The molecule has 1 aromatic carbocycles. The highest BCUT2D eigenvalue weighted by atomic mass is 16.5. The molecule has 1 aromatic rings. The molecule has 0 radical (unpaired) electrons. The molecule has 3 rings (SSSR count). The summed E-state index contributed by atoms with van der Waals surface area (Å²) >= 11 is 0. The van der Waals surface area contributed by atoms with Crippen molar-refractivity contribution in [3.05, 3.63) is 35.4 Å². The van der Waals surface area contributed by atoms with Gasteiger partial charge in [-0.25, -0.2) is 0 Å². The van der Waals surface area contributed by atoms with Gasteiger partial charge in [-0.05, 0) is 56.3 Å². The van der Waals surface area contributed by atoms with Crippen LogP contribution in [0.5, 0.6) is 11.5 Å². The van der Waals surface area contributed by atoms with E-state index >= 15 is 0 Å². The number of ether oxygens (including phenoxy) is 3. The maximum atomic E-state index is 12.2. The Hall–Kier alpha value is -2.05. The minimum absolute atomic E-state index is 0.0169. The van der Waals surface area contributed by atoms with Gasteiger partial charge in [0.05, 0.1) is 20.3 Å². The van der Waals surface area contributed by atoms with E-state index in [2.05, 4.69) is 11.4 Å². The number of hydrogen-bond donors (Lipinski definition) is 1. The largest absolute Gasteiger partial charge is 0.493 e. The van der Waals surface area contributed by atoms with Gasteiger partial charge in [-0.1, -0.05) is 17.7 Å². The van der Waals surface area contributed by atoms with Crippen molar-refractivity contribution in [2.24, 2.45) is 0 Å². The monoisotopic (exact) mass is 388 g/mol. The molecule has 0 saturated carbocycles. The molecule has 0 spiro atoms. The van der Waals surface area contributed by atoms with Crippen molar-refractivity contribution in [2.75, 3.05) is 46.6 Å². The third-order valence-corrected chi connectivity index (χ3v) is 5.28. The molecule has 1 aliphatic heterocycles. The number of nitrogens with one attached hydrogen (secondary N) is 1. The molecule has 0 unspecified atom stereocenters. The van der Waals surface area contributed by atoms with Crippen LogP contribution in [0.1, 0.15) is 37.7 Å². The summed E-state index contributed by atoms with van der Waals surface area (Å²) in [6.07, 6.45) is 8.69. The Labute approximate surface area is 167 Å². The van der Waals surface area contributed by atoms with Crippen LogP contribution < -0.4 is 14.8 Å². The third-order valence-electron chi connectivity index (χ3n) is 5.28. The lowest BCUT2D eigenvalue weighted by atomic mass is 9.97. The summed E-state index contributed by atoms with van der Waals surface area (Å²) in [5.41, 5.74) is 2.73. The minimum Gasteiger partial charge on any atom is -0.493 e. The van der Waals surface area contributed by atoms with Crippen LogP contribution >= 0.6 is 0 Å². The Morgan fingerprint density at radius 3 is 2.82 bits per heavy atom. The van der Waals surface area contributed by atoms with Crippen LogP contribution in [0.3, 0.4) is 0 Å². The van der Waals surface area contributed by atoms with E-state index in [4.69, 9.17) is 14.2 Å². The molecule has 0 atom stereocenters. The van der Waals surface area contributed by atoms with Crippen LogP contribution in [0.25, 0.3) is 0 Å². The van der Waals surface area contributed by atoms with Crippen LogP contribution in [-0.4, -0.2) is 57.4 Å². The van der Waals surface area contributed by atoms with E-state index in [1.807, 2.05) is 18.2 Å². The van der Waals surface area contributed by atoms with E-state index in [0.29, 0.717) is 37.8 Å². The summed E-state index contributed by atoms with van der Waals surface area (Å²) in [5.74, 6) is 1.23. The lowest BCUT2D eigenvalue weighted by Gasteiger charge is -2.26. The van der Waals surface area contributed by atoms with Gasteiger partial charge in [-0.2, -0.15) is 0 Å². The number of benzene rings is 1. The first-order chi connectivity index (χ1) is 13.8. The minimum atomic E-state index is -0.0203. The standard InChI is InChI=1S/C22H32N2O4/c1-26-21-15-19(16-23-10-9-18-5-3-2-4-6-18)7-8-20(21)28-17-22(25)24-11-13-27-14-12-24/h5,7-8,15,23H,2-4,6,9-14,16-17H2,1H3. The van der Waals surface area contributed by atoms with Gasteiger partial charge >= 0.3 is 0 Å². The summed E-state index contributed by atoms with van der Waals surface area (Å²) in [6, 6.07) is 5.87. The smallest absolute Gasteiger partial charge is 0.260 e. The molecular formula is C22H32N2O4. The fraction of sp³-hybridized carbons (Fsp3) is 0.591. The Morgan fingerprint density at radius 2 is 2.07 bits per heavy atom. The zero-order valence-electron chi connectivity index (χ0n) is 16.9. The first-order valence-corrected chi connectivity index (χ1v) is 10.3. The number of carbonyl (C=O) groups excluding carboxylic acids is 1.